The van der Waals surface area contributed by atoms with Crippen LogP contribution in [0, 0.1) is 0 Å². The fraction of sp³-hybridized carbons (Fsp3) is 0.222. The van der Waals surface area contributed by atoms with Crippen molar-refractivity contribution in [2.24, 2.45) is 0 Å². The average Bonchev–Trinajstić information content (AvgIpc) is 2.99. The van der Waals surface area contributed by atoms with E-state index in [1.165, 1.54) is 0 Å². The van der Waals surface area contributed by atoms with Gasteiger partial charge in [-0.3, -0.25) is 0 Å². The number of aromatic nitrogens is 1. The second kappa shape index (κ2) is 7.04. The van der Waals surface area contributed by atoms with Crippen LogP contribution in [-0.4, -0.2) is 28.8 Å². The summed E-state index contributed by atoms with van der Waals surface area (Å²) >= 11 is 0. The summed E-state index contributed by atoms with van der Waals surface area (Å²) in [5, 5.41) is 9.35. The monoisotopic (exact) mass is 327 g/mol. The number of esters is 1. The zero-order chi connectivity index (χ0) is 16.9. The fourth-order valence-corrected chi connectivity index (χ4v) is 2.28. The van der Waals surface area contributed by atoms with Gasteiger partial charge in [-0.2, -0.15) is 4.98 Å². The summed E-state index contributed by atoms with van der Waals surface area (Å²) in [6.07, 6.45) is -0.590. The zero-order valence-electron chi connectivity index (χ0n) is 13.1. The van der Waals surface area contributed by atoms with Gasteiger partial charge in [0.15, 0.2) is 5.58 Å². The minimum Gasteiger partial charge on any atom is -0.508 e. The number of ether oxygens (including phenoxy) is 2. The Balaban J connectivity index is 1.81. The number of phenols is 1. The summed E-state index contributed by atoms with van der Waals surface area (Å²) < 4.78 is 16.2. The molecule has 24 heavy (non-hydrogen) atoms. The van der Waals surface area contributed by atoms with Gasteiger partial charge in [0.05, 0.1) is 6.61 Å². The van der Waals surface area contributed by atoms with E-state index in [1.807, 2.05) is 12.1 Å². The number of oxazole rings is 1. The molecule has 0 radical (unpaired) electrons. The Kier molecular flexibility index (Phi) is 4.65. The molecule has 0 aliphatic carbocycles. The highest BCUT2D eigenvalue weighted by molar-refractivity contribution is 5.76. The van der Waals surface area contributed by atoms with E-state index in [0.717, 1.165) is 5.56 Å². The summed E-state index contributed by atoms with van der Waals surface area (Å²) in [5.41, 5.74) is 2.06. The summed E-state index contributed by atoms with van der Waals surface area (Å²) in [5.74, 6) is -0.334. The van der Waals surface area contributed by atoms with E-state index in [-0.39, 0.29) is 24.9 Å². The Labute approximate surface area is 138 Å². The molecule has 0 spiro atoms. The highest BCUT2D eigenvalue weighted by atomic mass is 16.6. The SMILES string of the molecule is CCOC(=O)C(Cc1ccc(O)cc1)Oc1nc2ccccc2o1. The van der Waals surface area contributed by atoms with Crippen molar-refractivity contribution in [1.82, 2.24) is 4.98 Å². The molecule has 1 unspecified atom stereocenters. The number of benzene rings is 2. The third kappa shape index (κ3) is 3.65. The van der Waals surface area contributed by atoms with Crippen molar-refractivity contribution in [3.8, 4) is 11.8 Å². The maximum Gasteiger partial charge on any atom is 0.395 e. The van der Waals surface area contributed by atoms with Crippen LogP contribution in [0.3, 0.4) is 0 Å². The van der Waals surface area contributed by atoms with Crippen molar-refractivity contribution in [2.75, 3.05) is 6.61 Å². The molecule has 0 aliphatic rings. The Morgan fingerprint density at radius 3 is 2.67 bits per heavy atom. The molecular formula is C18H17NO5. The van der Waals surface area contributed by atoms with Crippen molar-refractivity contribution in [3.05, 3.63) is 54.1 Å². The molecule has 124 valence electrons. The molecule has 3 rings (SSSR count). The second-order valence-electron chi connectivity index (χ2n) is 5.18. The zero-order valence-corrected chi connectivity index (χ0v) is 13.1. The first-order chi connectivity index (χ1) is 11.7. The van der Waals surface area contributed by atoms with E-state index in [4.69, 9.17) is 13.9 Å². The molecule has 0 aliphatic heterocycles. The maximum atomic E-state index is 12.2. The summed E-state index contributed by atoms with van der Waals surface area (Å²) in [6.45, 7) is 1.98. The lowest BCUT2D eigenvalue weighted by atomic mass is 10.1. The van der Waals surface area contributed by atoms with Crippen LogP contribution in [0.15, 0.2) is 52.9 Å². The molecule has 0 saturated carbocycles. The Bertz CT molecular complexity index is 792. The van der Waals surface area contributed by atoms with Gasteiger partial charge in [-0.05, 0) is 36.8 Å². The summed E-state index contributed by atoms with van der Waals surface area (Å²) in [6, 6.07) is 13.8. The third-order valence-corrected chi connectivity index (χ3v) is 3.42. The summed E-state index contributed by atoms with van der Waals surface area (Å²) in [4.78, 5) is 16.4. The lowest BCUT2D eigenvalue weighted by Crippen LogP contribution is -2.31. The number of rotatable bonds is 6. The van der Waals surface area contributed by atoms with Crippen molar-refractivity contribution in [1.29, 1.82) is 0 Å². The first-order valence-electron chi connectivity index (χ1n) is 7.62. The molecule has 0 bridgehead atoms. The molecule has 6 nitrogen and oxygen atoms in total. The topological polar surface area (TPSA) is 81.8 Å². The van der Waals surface area contributed by atoms with E-state index in [0.29, 0.717) is 11.1 Å². The number of aromatic hydroxyl groups is 1. The van der Waals surface area contributed by atoms with Crippen LogP contribution in [0.5, 0.6) is 11.8 Å². The lowest BCUT2D eigenvalue weighted by Gasteiger charge is -2.15. The van der Waals surface area contributed by atoms with Gasteiger partial charge in [0.2, 0.25) is 6.10 Å². The van der Waals surface area contributed by atoms with Crippen molar-refractivity contribution in [3.63, 3.8) is 0 Å². The standard InChI is InChI=1S/C18H17NO5/c1-2-22-17(21)16(11-12-7-9-13(20)10-8-12)24-18-19-14-5-3-4-6-15(14)23-18/h3-10,16,20H,2,11H2,1H3. The maximum absolute atomic E-state index is 12.2. The molecule has 6 heteroatoms. The number of carbonyl (C=O) groups is 1. The Morgan fingerprint density at radius 1 is 1.21 bits per heavy atom. The highest BCUT2D eigenvalue weighted by Crippen LogP contribution is 2.22. The quantitative estimate of drug-likeness (QED) is 0.701. The predicted octanol–water partition coefficient (Wildman–Crippen LogP) is 3.09. The highest BCUT2D eigenvalue weighted by Gasteiger charge is 2.25. The van der Waals surface area contributed by atoms with Crippen LogP contribution < -0.4 is 4.74 Å². The first kappa shape index (κ1) is 15.9. The summed E-state index contributed by atoms with van der Waals surface area (Å²) in [7, 11) is 0. The van der Waals surface area contributed by atoms with Crippen molar-refractivity contribution < 1.29 is 23.8 Å². The number of hydrogen-bond donors (Lipinski definition) is 1. The Hall–Kier alpha value is -3.02. The van der Waals surface area contributed by atoms with E-state index in [1.54, 1.807) is 43.3 Å². The largest absolute Gasteiger partial charge is 0.508 e. The number of carbonyl (C=O) groups excluding carboxylic acids is 1. The molecule has 0 amide bonds. The van der Waals surface area contributed by atoms with Gasteiger partial charge >= 0.3 is 12.0 Å². The fourth-order valence-electron chi connectivity index (χ4n) is 2.28. The Morgan fingerprint density at radius 2 is 1.96 bits per heavy atom. The normalized spacial score (nSPS) is 12.0. The van der Waals surface area contributed by atoms with Crippen LogP contribution >= 0.6 is 0 Å². The molecule has 1 atom stereocenters. The van der Waals surface area contributed by atoms with Gasteiger partial charge in [-0.1, -0.05) is 24.3 Å². The van der Waals surface area contributed by atoms with Crippen LogP contribution in [-0.2, 0) is 16.0 Å². The van der Waals surface area contributed by atoms with Gasteiger partial charge in [-0.15, -0.1) is 0 Å². The van der Waals surface area contributed by atoms with Crippen molar-refractivity contribution >= 4 is 17.1 Å². The van der Waals surface area contributed by atoms with Gasteiger partial charge in [0.25, 0.3) is 0 Å². The molecule has 2 aromatic carbocycles. The predicted molar refractivity (Wildman–Crippen MR) is 86.9 cm³/mol. The number of para-hydroxylation sites is 2. The molecular weight excluding hydrogens is 310 g/mol. The number of phenolic OH excluding ortho intramolecular Hbond substituents is 1. The van der Waals surface area contributed by atoms with Crippen molar-refractivity contribution in [2.45, 2.75) is 19.4 Å². The van der Waals surface area contributed by atoms with Crippen LogP contribution in [0.4, 0.5) is 0 Å². The second-order valence-corrected chi connectivity index (χ2v) is 5.18. The molecule has 3 aromatic rings. The molecule has 0 saturated heterocycles. The van der Waals surface area contributed by atoms with Gasteiger partial charge < -0.3 is 19.0 Å². The van der Waals surface area contributed by atoms with E-state index in [2.05, 4.69) is 4.98 Å². The first-order valence-corrected chi connectivity index (χ1v) is 7.62. The molecule has 0 fully saturated rings. The molecule has 1 N–H and O–H groups in total. The van der Waals surface area contributed by atoms with Crippen LogP contribution in [0.1, 0.15) is 12.5 Å². The van der Waals surface area contributed by atoms with E-state index >= 15 is 0 Å². The third-order valence-electron chi connectivity index (χ3n) is 3.42. The molecule has 1 heterocycles. The van der Waals surface area contributed by atoms with Gasteiger partial charge in [-0.25, -0.2) is 4.79 Å². The lowest BCUT2D eigenvalue weighted by molar-refractivity contribution is -0.152. The smallest absolute Gasteiger partial charge is 0.395 e. The number of hydrogen-bond acceptors (Lipinski definition) is 6. The number of fused-ring (bicyclic) bond motifs is 1. The minimum absolute atomic E-state index is 0.0213. The number of nitrogens with zero attached hydrogens (tertiary/aromatic N) is 1. The van der Waals surface area contributed by atoms with Gasteiger partial charge in [0, 0.05) is 6.42 Å². The van der Waals surface area contributed by atoms with E-state index in [9.17, 15) is 9.90 Å². The average molecular weight is 327 g/mol. The minimum atomic E-state index is -0.887. The van der Waals surface area contributed by atoms with Crippen LogP contribution in [0.25, 0.3) is 11.1 Å². The van der Waals surface area contributed by atoms with E-state index < -0.39 is 12.1 Å². The molecule has 1 aromatic heterocycles. The van der Waals surface area contributed by atoms with Gasteiger partial charge in [0.1, 0.15) is 11.3 Å². The van der Waals surface area contributed by atoms with Crippen LogP contribution in [0.2, 0.25) is 0 Å².